The van der Waals surface area contributed by atoms with Crippen molar-refractivity contribution in [3.05, 3.63) is 90.4 Å². The van der Waals surface area contributed by atoms with Crippen LogP contribution in [0.2, 0.25) is 0 Å². The lowest BCUT2D eigenvalue weighted by Gasteiger charge is -2.29. The second-order valence-corrected chi connectivity index (χ2v) is 9.81. The lowest BCUT2D eigenvalue weighted by atomic mass is 10.0. The minimum absolute atomic E-state index is 0.0610. The van der Waals surface area contributed by atoms with Crippen molar-refractivity contribution in [3.8, 4) is 11.5 Å². The van der Waals surface area contributed by atoms with Gasteiger partial charge in [-0.1, -0.05) is 37.1 Å². The van der Waals surface area contributed by atoms with Crippen molar-refractivity contribution in [2.75, 3.05) is 25.0 Å². The fraction of sp³-hybridized carbons (Fsp3) is 0.290. The maximum Gasteiger partial charge on any atom is 0.195 e. The van der Waals surface area contributed by atoms with Gasteiger partial charge in [0, 0.05) is 30.9 Å². The van der Waals surface area contributed by atoms with Gasteiger partial charge in [-0.25, -0.2) is 9.97 Å². The van der Waals surface area contributed by atoms with Crippen molar-refractivity contribution in [2.45, 2.75) is 38.6 Å². The van der Waals surface area contributed by atoms with Gasteiger partial charge >= 0.3 is 0 Å². The van der Waals surface area contributed by atoms with Gasteiger partial charge in [0.1, 0.15) is 29.3 Å². The van der Waals surface area contributed by atoms with Gasteiger partial charge in [-0.2, -0.15) is 0 Å². The summed E-state index contributed by atoms with van der Waals surface area (Å²) >= 11 is 0. The number of allylic oxidation sites excluding steroid dienone is 1. The molecule has 2 N–H and O–H groups in total. The summed E-state index contributed by atoms with van der Waals surface area (Å²) in [5.74, 6) is 1.98. The number of para-hydroxylation sites is 1. The zero-order valence-corrected chi connectivity index (χ0v) is 22.1. The van der Waals surface area contributed by atoms with E-state index in [1.165, 1.54) is 12.7 Å². The molecule has 0 saturated carbocycles. The summed E-state index contributed by atoms with van der Waals surface area (Å²) in [6.45, 7) is 3.99. The normalized spacial score (nSPS) is 16.3. The Labute approximate surface area is 228 Å². The Morgan fingerprint density at radius 1 is 1.05 bits per heavy atom. The molecule has 1 unspecified atom stereocenters. The largest absolute Gasteiger partial charge is 0.457 e. The third-order valence-electron chi connectivity index (χ3n) is 7.01. The number of carbonyl (C=O) groups excluding carboxylic acids is 2. The fourth-order valence-corrected chi connectivity index (χ4v) is 5.01. The highest BCUT2D eigenvalue weighted by Crippen LogP contribution is 2.28. The number of nitrogens with one attached hydrogen (secondary N) is 2. The van der Waals surface area contributed by atoms with Crippen LogP contribution in [0.5, 0.6) is 11.5 Å². The van der Waals surface area contributed by atoms with Crippen molar-refractivity contribution in [3.63, 3.8) is 0 Å². The smallest absolute Gasteiger partial charge is 0.195 e. The number of rotatable bonds is 10. The molecule has 0 bridgehead atoms. The fourth-order valence-electron chi connectivity index (χ4n) is 5.01. The van der Waals surface area contributed by atoms with Crippen LogP contribution in [0.25, 0.3) is 11.0 Å². The van der Waals surface area contributed by atoms with E-state index in [1.807, 2.05) is 36.4 Å². The molecule has 0 amide bonds. The number of fused-ring (bicyclic) bond motifs is 1. The molecule has 1 aliphatic rings. The standard InChI is InChI=1S/C31H33N5O3/c1-22(37)9-8-18-36-17-7-3-4-10-24(36)19-32-30-28-27(20-33-31(28)35-21-34-30)29(38)23-13-15-26(16-14-23)39-25-11-5-2-6-12-25/h2,5-6,8-9,11-16,20-21,24H,3-4,7,10,17-19H2,1H3,(H2,32,33,34,35)/b9-8+. The molecule has 200 valence electrons. The number of ketones is 2. The van der Waals surface area contributed by atoms with E-state index in [4.69, 9.17) is 4.74 Å². The molecule has 8 nitrogen and oxygen atoms in total. The highest BCUT2D eigenvalue weighted by molar-refractivity contribution is 6.18. The molecule has 1 aliphatic heterocycles. The van der Waals surface area contributed by atoms with E-state index in [1.54, 1.807) is 43.5 Å². The molecule has 0 spiro atoms. The van der Waals surface area contributed by atoms with Crippen molar-refractivity contribution in [2.24, 2.45) is 0 Å². The lowest BCUT2D eigenvalue weighted by molar-refractivity contribution is -0.112. The Bertz CT molecular complexity index is 1450. The van der Waals surface area contributed by atoms with Crippen LogP contribution in [0.15, 0.2) is 79.3 Å². The average Bonchev–Trinajstić information content (AvgIpc) is 3.26. The minimum atomic E-state index is -0.115. The number of aromatic nitrogens is 3. The molecule has 1 atom stereocenters. The average molecular weight is 524 g/mol. The molecular formula is C31H33N5O3. The summed E-state index contributed by atoms with van der Waals surface area (Å²) in [6.07, 6.45) is 11.4. The Kier molecular flexibility index (Phi) is 8.43. The number of nitrogens with zero attached hydrogens (tertiary/aromatic N) is 3. The summed E-state index contributed by atoms with van der Waals surface area (Å²) in [5, 5.41) is 4.19. The van der Waals surface area contributed by atoms with Crippen LogP contribution in [-0.4, -0.2) is 57.1 Å². The highest BCUT2D eigenvalue weighted by atomic mass is 16.5. The van der Waals surface area contributed by atoms with Crippen LogP contribution in [0.4, 0.5) is 5.82 Å². The van der Waals surface area contributed by atoms with Crippen LogP contribution in [0.1, 0.15) is 48.5 Å². The Morgan fingerprint density at radius 3 is 2.64 bits per heavy atom. The highest BCUT2D eigenvalue weighted by Gasteiger charge is 2.22. The summed E-state index contributed by atoms with van der Waals surface area (Å²) in [5.41, 5.74) is 1.69. The Morgan fingerprint density at radius 2 is 1.85 bits per heavy atom. The predicted octanol–water partition coefficient (Wildman–Crippen LogP) is 5.78. The van der Waals surface area contributed by atoms with Crippen molar-refractivity contribution < 1.29 is 14.3 Å². The van der Waals surface area contributed by atoms with Crippen LogP contribution < -0.4 is 10.1 Å². The molecule has 2 aromatic heterocycles. The molecule has 1 saturated heterocycles. The van der Waals surface area contributed by atoms with E-state index in [0.29, 0.717) is 46.3 Å². The van der Waals surface area contributed by atoms with E-state index < -0.39 is 0 Å². The second kappa shape index (κ2) is 12.5. The van der Waals surface area contributed by atoms with Gasteiger partial charge in [0.15, 0.2) is 11.6 Å². The molecule has 2 aromatic carbocycles. The van der Waals surface area contributed by atoms with Crippen molar-refractivity contribution in [1.29, 1.82) is 0 Å². The Balaban J connectivity index is 1.32. The number of hydrogen-bond donors (Lipinski definition) is 2. The van der Waals surface area contributed by atoms with Gasteiger partial charge in [0.05, 0.1) is 10.9 Å². The number of likely N-dealkylation sites (tertiary alicyclic amines) is 1. The summed E-state index contributed by atoms with van der Waals surface area (Å²) in [6, 6.07) is 17.0. The predicted molar refractivity (Wildman–Crippen MR) is 152 cm³/mol. The number of aromatic amines is 1. The Hall–Kier alpha value is -4.30. The maximum atomic E-state index is 13.5. The topological polar surface area (TPSA) is 100 Å². The third kappa shape index (κ3) is 6.59. The van der Waals surface area contributed by atoms with Crippen LogP contribution in [0, 0.1) is 0 Å². The first-order chi connectivity index (χ1) is 19.1. The zero-order chi connectivity index (χ0) is 27.0. The molecule has 4 aromatic rings. The first-order valence-corrected chi connectivity index (χ1v) is 13.4. The van der Waals surface area contributed by atoms with Crippen molar-refractivity contribution in [1.82, 2.24) is 19.9 Å². The maximum absolute atomic E-state index is 13.5. The molecular weight excluding hydrogens is 490 g/mol. The van der Waals surface area contributed by atoms with Gasteiger partial charge < -0.3 is 15.0 Å². The van der Waals surface area contributed by atoms with Crippen LogP contribution in [-0.2, 0) is 4.79 Å². The SMILES string of the molecule is CC(=O)/C=C/CN1CCCCCC1CNc1ncnc2[nH]cc(C(=O)c3ccc(Oc4ccccc4)cc3)c12. The first-order valence-electron chi connectivity index (χ1n) is 13.4. The summed E-state index contributed by atoms with van der Waals surface area (Å²) in [4.78, 5) is 39.3. The molecule has 1 fully saturated rings. The van der Waals surface area contributed by atoms with Gasteiger partial charge in [-0.3, -0.25) is 14.5 Å². The van der Waals surface area contributed by atoms with Crippen LogP contribution >= 0.6 is 0 Å². The first kappa shape index (κ1) is 26.3. The van der Waals surface area contributed by atoms with E-state index in [2.05, 4.69) is 25.2 Å². The van der Waals surface area contributed by atoms with Crippen LogP contribution in [0.3, 0.4) is 0 Å². The number of ether oxygens (including phenoxy) is 1. The second-order valence-electron chi connectivity index (χ2n) is 9.81. The summed E-state index contributed by atoms with van der Waals surface area (Å²) < 4.78 is 5.86. The molecule has 0 radical (unpaired) electrons. The number of hydrogen-bond acceptors (Lipinski definition) is 7. The monoisotopic (exact) mass is 523 g/mol. The van der Waals surface area contributed by atoms with Crippen molar-refractivity contribution >= 4 is 28.4 Å². The molecule has 5 rings (SSSR count). The number of anilines is 1. The van der Waals surface area contributed by atoms with Gasteiger partial charge in [0.25, 0.3) is 0 Å². The van der Waals surface area contributed by atoms with E-state index in [9.17, 15) is 9.59 Å². The molecule has 8 heteroatoms. The lowest BCUT2D eigenvalue weighted by Crippen LogP contribution is -2.40. The molecule has 39 heavy (non-hydrogen) atoms. The van der Waals surface area contributed by atoms with Gasteiger partial charge in [-0.05, 0) is 68.8 Å². The summed E-state index contributed by atoms with van der Waals surface area (Å²) in [7, 11) is 0. The number of carbonyl (C=O) groups is 2. The van der Waals surface area contributed by atoms with Gasteiger partial charge in [0.2, 0.25) is 0 Å². The van der Waals surface area contributed by atoms with E-state index in [0.717, 1.165) is 38.1 Å². The third-order valence-corrected chi connectivity index (χ3v) is 7.01. The number of H-pyrrole nitrogens is 1. The van der Waals surface area contributed by atoms with Gasteiger partial charge in [-0.15, -0.1) is 0 Å². The van der Waals surface area contributed by atoms with E-state index in [-0.39, 0.29) is 11.6 Å². The molecule has 3 heterocycles. The zero-order valence-electron chi connectivity index (χ0n) is 22.1. The quantitative estimate of drug-likeness (QED) is 0.201. The minimum Gasteiger partial charge on any atom is -0.457 e. The molecule has 0 aliphatic carbocycles. The number of benzene rings is 2. The van der Waals surface area contributed by atoms with E-state index >= 15 is 0 Å².